The van der Waals surface area contributed by atoms with E-state index in [0.29, 0.717) is 6.04 Å². The molecule has 0 radical (unpaired) electrons. The Morgan fingerprint density at radius 3 is 2.67 bits per heavy atom. The summed E-state index contributed by atoms with van der Waals surface area (Å²) in [5, 5.41) is 3.66. The van der Waals surface area contributed by atoms with E-state index in [4.69, 9.17) is 0 Å². The van der Waals surface area contributed by atoms with Crippen molar-refractivity contribution in [1.82, 2.24) is 5.32 Å². The molecule has 1 heterocycles. The lowest BCUT2D eigenvalue weighted by Crippen LogP contribution is -2.51. The van der Waals surface area contributed by atoms with Crippen molar-refractivity contribution in [2.24, 2.45) is 0 Å². The highest BCUT2D eigenvalue weighted by atomic mass is 15.2. The Morgan fingerprint density at radius 2 is 1.86 bits per heavy atom. The second-order valence-corrected chi connectivity index (χ2v) is 6.01. The lowest BCUT2D eigenvalue weighted by atomic mass is 10.0. The number of anilines is 1. The molecule has 1 aliphatic rings. The molecule has 21 heavy (non-hydrogen) atoms. The van der Waals surface area contributed by atoms with Crippen molar-refractivity contribution in [2.45, 2.75) is 26.3 Å². The fraction of sp³-hybridized carbons (Fsp3) is 0.368. The molecule has 3 rings (SSSR count). The maximum absolute atomic E-state index is 3.66. The molecule has 1 saturated heterocycles. The van der Waals surface area contributed by atoms with Crippen LogP contribution in [0.2, 0.25) is 0 Å². The van der Waals surface area contributed by atoms with Crippen LogP contribution in [0, 0.1) is 13.8 Å². The number of piperazine rings is 1. The van der Waals surface area contributed by atoms with Crippen molar-refractivity contribution in [1.29, 1.82) is 0 Å². The molecule has 1 atom stereocenters. The molecule has 0 aliphatic carbocycles. The summed E-state index contributed by atoms with van der Waals surface area (Å²) >= 11 is 0. The fourth-order valence-corrected chi connectivity index (χ4v) is 3.16. The number of nitrogens with one attached hydrogen (secondary N) is 1. The Morgan fingerprint density at radius 1 is 1.05 bits per heavy atom. The average Bonchev–Trinajstić information content (AvgIpc) is 2.51. The van der Waals surface area contributed by atoms with Crippen LogP contribution >= 0.6 is 0 Å². The molecule has 0 spiro atoms. The van der Waals surface area contributed by atoms with Crippen LogP contribution < -0.4 is 10.2 Å². The van der Waals surface area contributed by atoms with E-state index in [1.165, 1.54) is 22.4 Å². The molecule has 2 heteroatoms. The van der Waals surface area contributed by atoms with E-state index >= 15 is 0 Å². The highest BCUT2D eigenvalue weighted by molar-refractivity contribution is 5.56. The van der Waals surface area contributed by atoms with E-state index in [1.807, 2.05) is 0 Å². The maximum atomic E-state index is 3.66. The molecule has 1 aliphatic heterocycles. The Kier molecular flexibility index (Phi) is 4.26. The first-order valence-electron chi connectivity index (χ1n) is 7.82. The average molecular weight is 280 g/mol. The monoisotopic (exact) mass is 280 g/mol. The van der Waals surface area contributed by atoms with Gasteiger partial charge in [0.15, 0.2) is 0 Å². The summed E-state index contributed by atoms with van der Waals surface area (Å²) in [5.41, 5.74) is 5.61. The Balaban J connectivity index is 1.72. The molecule has 1 unspecified atom stereocenters. The van der Waals surface area contributed by atoms with Gasteiger partial charge in [0.2, 0.25) is 0 Å². The van der Waals surface area contributed by atoms with E-state index in [9.17, 15) is 0 Å². The fourth-order valence-electron chi connectivity index (χ4n) is 3.16. The van der Waals surface area contributed by atoms with Crippen LogP contribution in [0.25, 0.3) is 0 Å². The molecule has 0 bridgehead atoms. The third-order valence-electron chi connectivity index (χ3n) is 4.50. The summed E-state index contributed by atoms with van der Waals surface area (Å²) in [6.45, 7) is 7.67. The predicted molar refractivity (Wildman–Crippen MR) is 90.1 cm³/mol. The summed E-state index contributed by atoms with van der Waals surface area (Å²) in [5.74, 6) is 0. The van der Waals surface area contributed by atoms with Crippen LogP contribution in [0.1, 0.15) is 16.7 Å². The van der Waals surface area contributed by atoms with E-state index in [-0.39, 0.29) is 0 Å². The summed E-state index contributed by atoms with van der Waals surface area (Å²) in [7, 11) is 0. The number of benzene rings is 2. The van der Waals surface area contributed by atoms with Crippen molar-refractivity contribution < 1.29 is 0 Å². The maximum Gasteiger partial charge on any atom is 0.0399 e. The van der Waals surface area contributed by atoms with Crippen molar-refractivity contribution >= 4 is 5.69 Å². The van der Waals surface area contributed by atoms with Crippen molar-refractivity contribution in [2.75, 3.05) is 24.5 Å². The van der Waals surface area contributed by atoms with Gasteiger partial charge in [0.25, 0.3) is 0 Å². The highest BCUT2D eigenvalue weighted by Gasteiger charge is 2.21. The van der Waals surface area contributed by atoms with Gasteiger partial charge >= 0.3 is 0 Å². The first kappa shape index (κ1) is 14.2. The van der Waals surface area contributed by atoms with E-state index in [2.05, 4.69) is 72.6 Å². The molecule has 1 fully saturated rings. The van der Waals surface area contributed by atoms with Gasteiger partial charge in [-0.05, 0) is 43.0 Å². The molecular formula is C19H24N2. The zero-order chi connectivity index (χ0) is 14.7. The number of nitrogens with zero attached hydrogens (tertiary/aromatic N) is 1. The van der Waals surface area contributed by atoms with Crippen molar-refractivity contribution in [3.63, 3.8) is 0 Å². The molecule has 110 valence electrons. The first-order valence-corrected chi connectivity index (χ1v) is 7.82. The van der Waals surface area contributed by atoms with Crippen molar-refractivity contribution in [3.8, 4) is 0 Å². The first-order chi connectivity index (χ1) is 10.2. The summed E-state index contributed by atoms with van der Waals surface area (Å²) < 4.78 is 0. The number of hydrogen-bond donors (Lipinski definition) is 1. The van der Waals surface area contributed by atoms with Gasteiger partial charge in [0.1, 0.15) is 0 Å². The van der Waals surface area contributed by atoms with Gasteiger partial charge in [-0.25, -0.2) is 0 Å². The van der Waals surface area contributed by atoms with Gasteiger partial charge in [-0.15, -0.1) is 0 Å². The van der Waals surface area contributed by atoms with Gasteiger partial charge in [-0.3, -0.25) is 0 Å². The molecule has 2 nitrogen and oxygen atoms in total. The van der Waals surface area contributed by atoms with Crippen LogP contribution in [0.15, 0.2) is 48.5 Å². The second-order valence-electron chi connectivity index (χ2n) is 6.01. The largest absolute Gasteiger partial charge is 0.368 e. The van der Waals surface area contributed by atoms with Crippen LogP contribution in [0.4, 0.5) is 5.69 Å². The summed E-state index contributed by atoms with van der Waals surface area (Å²) in [6, 6.07) is 17.9. The number of hydrogen-bond acceptors (Lipinski definition) is 2. The quantitative estimate of drug-likeness (QED) is 0.928. The molecular weight excluding hydrogens is 256 g/mol. The summed E-state index contributed by atoms with van der Waals surface area (Å²) in [4.78, 5) is 2.53. The third kappa shape index (κ3) is 3.27. The molecule has 0 amide bonds. The molecule has 2 aromatic carbocycles. The van der Waals surface area contributed by atoms with Gasteiger partial charge in [-0.1, -0.05) is 42.5 Å². The van der Waals surface area contributed by atoms with Gasteiger partial charge in [-0.2, -0.15) is 0 Å². The standard InChI is InChI=1S/C19H24N2/c1-15-7-6-10-19(16(15)2)21-12-11-20-18(14-21)13-17-8-4-3-5-9-17/h3-10,18,20H,11-14H2,1-2H3. The van der Waals surface area contributed by atoms with E-state index in [1.54, 1.807) is 0 Å². The van der Waals surface area contributed by atoms with Crippen LogP contribution in [0.3, 0.4) is 0 Å². The second kappa shape index (κ2) is 6.31. The third-order valence-corrected chi connectivity index (χ3v) is 4.50. The zero-order valence-corrected chi connectivity index (χ0v) is 13.0. The SMILES string of the molecule is Cc1cccc(N2CCNC(Cc3ccccc3)C2)c1C. The van der Waals surface area contributed by atoms with Crippen LogP contribution in [-0.2, 0) is 6.42 Å². The van der Waals surface area contributed by atoms with Gasteiger partial charge in [0, 0.05) is 31.4 Å². The topological polar surface area (TPSA) is 15.3 Å². The van der Waals surface area contributed by atoms with Crippen LogP contribution in [-0.4, -0.2) is 25.7 Å². The van der Waals surface area contributed by atoms with E-state index in [0.717, 1.165) is 26.1 Å². The lowest BCUT2D eigenvalue weighted by molar-refractivity contribution is 0.454. The van der Waals surface area contributed by atoms with E-state index < -0.39 is 0 Å². The van der Waals surface area contributed by atoms with Crippen molar-refractivity contribution in [3.05, 3.63) is 65.2 Å². The predicted octanol–water partition coefficient (Wildman–Crippen LogP) is 3.32. The highest BCUT2D eigenvalue weighted by Crippen LogP contribution is 2.24. The normalized spacial score (nSPS) is 18.8. The molecule has 0 aromatic heterocycles. The smallest absolute Gasteiger partial charge is 0.0399 e. The molecule has 1 N–H and O–H groups in total. The minimum absolute atomic E-state index is 0.529. The van der Waals surface area contributed by atoms with Gasteiger partial charge < -0.3 is 10.2 Å². The minimum atomic E-state index is 0.529. The Bertz CT molecular complexity index is 592. The zero-order valence-electron chi connectivity index (χ0n) is 13.0. The minimum Gasteiger partial charge on any atom is -0.368 e. The Labute approximate surface area is 127 Å². The Hall–Kier alpha value is -1.80. The summed E-state index contributed by atoms with van der Waals surface area (Å²) in [6.07, 6.45) is 1.10. The van der Waals surface area contributed by atoms with Crippen LogP contribution in [0.5, 0.6) is 0 Å². The lowest BCUT2D eigenvalue weighted by Gasteiger charge is -2.36. The number of aryl methyl sites for hydroxylation is 1. The number of rotatable bonds is 3. The molecule has 0 saturated carbocycles. The molecule has 2 aromatic rings. The van der Waals surface area contributed by atoms with Gasteiger partial charge in [0.05, 0.1) is 0 Å².